The molecule has 1 saturated carbocycles. The Balaban J connectivity index is 1.06. The van der Waals surface area contributed by atoms with E-state index in [1.807, 2.05) is 74.4 Å². The molecule has 0 spiro atoms. The summed E-state index contributed by atoms with van der Waals surface area (Å²) in [5.41, 5.74) is 7.26. The van der Waals surface area contributed by atoms with Crippen molar-refractivity contribution in [2.75, 3.05) is 38.0 Å². The van der Waals surface area contributed by atoms with Crippen molar-refractivity contribution in [3.05, 3.63) is 95.1 Å². The van der Waals surface area contributed by atoms with Gasteiger partial charge in [-0.05, 0) is 80.6 Å². The van der Waals surface area contributed by atoms with Gasteiger partial charge in [-0.3, -0.25) is 19.6 Å². The summed E-state index contributed by atoms with van der Waals surface area (Å²) in [6.07, 6.45) is 10.4. The van der Waals surface area contributed by atoms with Crippen LogP contribution in [0.25, 0.3) is 0 Å². The van der Waals surface area contributed by atoms with E-state index in [1.54, 1.807) is 12.4 Å². The third kappa shape index (κ3) is 9.22. The maximum Gasteiger partial charge on any atom is 0.139 e. The van der Waals surface area contributed by atoms with E-state index in [0.717, 1.165) is 71.2 Å². The monoisotopic (exact) mass is 620 g/mol. The fraction of sp³-hybridized carbons (Fsp3) is 0.444. The molecule has 1 fully saturated rings. The molecule has 46 heavy (non-hydrogen) atoms. The average molecular weight is 621 g/mol. The quantitative estimate of drug-likeness (QED) is 0.188. The van der Waals surface area contributed by atoms with Crippen molar-refractivity contribution in [3.8, 4) is 0 Å². The van der Waals surface area contributed by atoms with Gasteiger partial charge in [-0.25, -0.2) is 0 Å². The van der Waals surface area contributed by atoms with Gasteiger partial charge in [-0.1, -0.05) is 6.42 Å². The van der Waals surface area contributed by atoms with Crippen LogP contribution in [0.2, 0.25) is 0 Å². The molecule has 0 aromatic carbocycles. The number of carbonyl (C=O) groups is 2. The summed E-state index contributed by atoms with van der Waals surface area (Å²) < 4.78 is 0. The Labute approximate surface area is 271 Å². The lowest BCUT2D eigenvalue weighted by Crippen LogP contribution is -2.16. The smallest absolute Gasteiger partial charge is 0.139 e. The second kappa shape index (κ2) is 15.6. The number of ketones is 2. The minimum Gasteiger partial charge on any atom is -0.376 e. The van der Waals surface area contributed by atoms with E-state index in [1.165, 1.54) is 0 Å². The molecule has 10 heteroatoms. The number of anilines is 2. The number of pyridine rings is 2. The Morgan fingerprint density at radius 2 is 1.04 bits per heavy atom. The number of aromatic nitrogens is 6. The Kier molecular flexibility index (Phi) is 11.1. The van der Waals surface area contributed by atoms with Gasteiger partial charge in [-0.2, -0.15) is 20.4 Å². The molecule has 0 aliphatic heterocycles. The molecule has 0 bridgehead atoms. The van der Waals surface area contributed by atoms with Crippen molar-refractivity contribution < 1.29 is 9.59 Å². The first-order chi connectivity index (χ1) is 22.2. The summed E-state index contributed by atoms with van der Waals surface area (Å²) in [5, 5.41) is 18.0. The Hall–Kier alpha value is -4.60. The van der Waals surface area contributed by atoms with E-state index in [9.17, 15) is 9.59 Å². The van der Waals surface area contributed by atoms with Crippen molar-refractivity contribution in [1.82, 2.24) is 30.4 Å². The zero-order valence-electron chi connectivity index (χ0n) is 27.4. The predicted molar refractivity (Wildman–Crippen MR) is 179 cm³/mol. The molecule has 4 aromatic rings. The largest absolute Gasteiger partial charge is 0.376 e. The number of hydrogen-bond acceptors (Lipinski definition) is 10. The summed E-state index contributed by atoms with van der Waals surface area (Å²) in [4.78, 5) is 37.9. The van der Waals surface area contributed by atoms with E-state index in [0.29, 0.717) is 50.4 Å². The van der Waals surface area contributed by atoms with Crippen LogP contribution in [0.1, 0.15) is 84.5 Å². The molecule has 10 nitrogen and oxygen atoms in total. The lowest BCUT2D eigenvalue weighted by Gasteiger charge is -2.28. The summed E-state index contributed by atoms with van der Waals surface area (Å²) >= 11 is 0. The topological polar surface area (TPSA) is 118 Å². The van der Waals surface area contributed by atoms with Crippen LogP contribution in [0.3, 0.4) is 0 Å². The Morgan fingerprint density at radius 1 is 0.609 bits per heavy atom. The van der Waals surface area contributed by atoms with E-state index >= 15 is 0 Å². The molecule has 0 radical (unpaired) electrons. The van der Waals surface area contributed by atoms with Crippen molar-refractivity contribution in [2.45, 2.75) is 76.0 Å². The van der Waals surface area contributed by atoms with Crippen LogP contribution in [0, 0.1) is 0 Å². The molecule has 1 aliphatic carbocycles. The normalized spacial score (nSPS) is 16.2. The molecule has 4 aromatic heterocycles. The minimum atomic E-state index is 0.146. The van der Waals surface area contributed by atoms with E-state index < -0.39 is 0 Å². The molecule has 1 aliphatic rings. The third-order valence-electron chi connectivity index (χ3n) is 8.72. The van der Waals surface area contributed by atoms with Crippen molar-refractivity contribution in [3.63, 3.8) is 0 Å². The highest BCUT2D eigenvalue weighted by Gasteiger charge is 2.27. The lowest BCUT2D eigenvalue weighted by atomic mass is 9.78. The first-order valence-electron chi connectivity index (χ1n) is 16.2. The van der Waals surface area contributed by atoms with Gasteiger partial charge in [0.1, 0.15) is 11.6 Å². The Bertz CT molecular complexity index is 1450. The number of rotatable bonds is 14. The van der Waals surface area contributed by atoms with Crippen molar-refractivity contribution in [2.24, 2.45) is 0 Å². The van der Waals surface area contributed by atoms with Crippen LogP contribution in [0.5, 0.6) is 0 Å². The highest BCUT2D eigenvalue weighted by molar-refractivity contribution is 5.81. The highest BCUT2D eigenvalue weighted by Crippen LogP contribution is 2.39. The van der Waals surface area contributed by atoms with Crippen LogP contribution in [-0.4, -0.2) is 70.1 Å². The SMILES string of the molecule is CN(C)c1ccc(CC(=O)CCc2ccc(C3CCCC(c4ccc(CCC(=O)Cc5ccc(N(C)C)cn5)nn4)C3)nn2)nc1. The summed E-state index contributed by atoms with van der Waals surface area (Å²) in [6, 6.07) is 15.9. The van der Waals surface area contributed by atoms with Crippen LogP contribution in [0.15, 0.2) is 60.9 Å². The van der Waals surface area contributed by atoms with Gasteiger partial charge in [0, 0.05) is 77.1 Å². The highest BCUT2D eigenvalue weighted by atomic mass is 16.1. The van der Waals surface area contributed by atoms with E-state index in [4.69, 9.17) is 0 Å². The molecule has 4 heterocycles. The van der Waals surface area contributed by atoms with Gasteiger partial charge >= 0.3 is 0 Å². The first-order valence-corrected chi connectivity index (χ1v) is 16.2. The van der Waals surface area contributed by atoms with E-state index in [-0.39, 0.29) is 11.6 Å². The molecule has 2 unspecified atom stereocenters. The lowest BCUT2D eigenvalue weighted by molar-refractivity contribution is -0.119. The van der Waals surface area contributed by atoms with Crippen LogP contribution >= 0.6 is 0 Å². The molecule has 0 amide bonds. The van der Waals surface area contributed by atoms with Crippen LogP contribution in [-0.2, 0) is 35.3 Å². The van der Waals surface area contributed by atoms with Gasteiger partial charge in [0.15, 0.2) is 0 Å². The maximum absolute atomic E-state index is 12.5. The van der Waals surface area contributed by atoms with Gasteiger partial charge in [0.25, 0.3) is 0 Å². The first kappa shape index (κ1) is 32.8. The Morgan fingerprint density at radius 3 is 1.39 bits per heavy atom. The minimum absolute atomic E-state index is 0.146. The van der Waals surface area contributed by atoms with Gasteiger partial charge in [0.2, 0.25) is 0 Å². The molecule has 5 rings (SSSR count). The number of Topliss-reactive ketones (excluding diaryl/α,β-unsaturated/α-hetero) is 2. The summed E-state index contributed by atoms with van der Waals surface area (Å²) in [5.74, 6) is 0.927. The summed E-state index contributed by atoms with van der Waals surface area (Å²) in [6.45, 7) is 0. The number of carbonyl (C=O) groups excluding carboxylic acids is 2. The fourth-order valence-electron chi connectivity index (χ4n) is 5.86. The zero-order chi connectivity index (χ0) is 32.5. The van der Waals surface area contributed by atoms with Crippen LogP contribution in [0.4, 0.5) is 11.4 Å². The molecule has 2 atom stereocenters. The van der Waals surface area contributed by atoms with Gasteiger partial charge in [-0.15, -0.1) is 0 Å². The molecule has 240 valence electrons. The van der Waals surface area contributed by atoms with Crippen LogP contribution < -0.4 is 9.80 Å². The fourth-order valence-corrected chi connectivity index (χ4v) is 5.86. The number of aryl methyl sites for hydroxylation is 2. The van der Waals surface area contributed by atoms with Crippen molar-refractivity contribution >= 4 is 22.9 Å². The third-order valence-corrected chi connectivity index (χ3v) is 8.72. The second-order valence-electron chi connectivity index (χ2n) is 12.7. The zero-order valence-corrected chi connectivity index (χ0v) is 27.4. The molecule has 0 saturated heterocycles. The average Bonchev–Trinajstić information content (AvgIpc) is 3.07. The molecular weight excluding hydrogens is 576 g/mol. The van der Waals surface area contributed by atoms with Gasteiger partial charge < -0.3 is 9.80 Å². The number of nitrogens with zero attached hydrogens (tertiary/aromatic N) is 8. The van der Waals surface area contributed by atoms with E-state index in [2.05, 4.69) is 42.5 Å². The molecular formula is C36H44N8O2. The van der Waals surface area contributed by atoms with Gasteiger partial charge in [0.05, 0.1) is 46.5 Å². The maximum atomic E-state index is 12.5. The second-order valence-corrected chi connectivity index (χ2v) is 12.7. The standard InChI is InChI=1S/C36H44N8O2/c1-43(2)31-14-8-29(37-23-31)21-33(45)16-10-27-12-18-35(41-39-27)25-6-5-7-26(20-25)36-19-13-28(40-42-36)11-17-34(46)22-30-9-15-32(24-38-30)44(3)4/h8-9,12-15,18-19,23-26H,5-7,10-11,16-17,20-22H2,1-4H3. The predicted octanol–water partition coefficient (Wildman–Crippen LogP) is 5.12. The number of hydrogen-bond donors (Lipinski definition) is 0. The summed E-state index contributed by atoms with van der Waals surface area (Å²) in [7, 11) is 7.87. The molecule has 0 N–H and O–H groups in total. The van der Waals surface area contributed by atoms with Crippen molar-refractivity contribution in [1.29, 1.82) is 0 Å².